The van der Waals surface area contributed by atoms with Crippen molar-refractivity contribution in [1.29, 1.82) is 0 Å². The van der Waals surface area contributed by atoms with Crippen LogP contribution in [-0.4, -0.2) is 19.9 Å². The summed E-state index contributed by atoms with van der Waals surface area (Å²) in [7, 11) is 1.34. The molecule has 0 amide bonds. The van der Waals surface area contributed by atoms with E-state index in [1.807, 2.05) is 0 Å². The molecule has 0 fully saturated rings. The standard InChI is InChI=1S/C11H12BrNO4.ClH/c1-15-11(14)4-8(13)6-2-9-10(3-7(6)12)17-5-16-9;/h2-3,8H,4-5,13H2,1H3;1H/t8-;/m0./s1. The molecule has 0 saturated carbocycles. The van der Waals surface area contributed by atoms with Gasteiger partial charge >= 0.3 is 5.97 Å². The molecule has 0 aliphatic carbocycles. The number of esters is 1. The number of benzene rings is 1. The third kappa shape index (κ3) is 3.07. The number of carbonyl (C=O) groups is 1. The van der Waals surface area contributed by atoms with Crippen LogP contribution < -0.4 is 15.2 Å². The number of methoxy groups -OCH3 is 1. The molecule has 2 rings (SSSR count). The molecule has 1 aromatic carbocycles. The maximum atomic E-state index is 11.2. The fourth-order valence-electron chi connectivity index (χ4n) is 1.59. The largest absolute Gasteiger partial charge is 0.469 e. The third-order valence-electron chi connectivity index (χ3n) is 2.51. The number of carbonyl (C=O) groups excluding carboxylic acids is 1. The zero-order chi connectivity index (χ0) is 12.4. The number of nitrogens with two attached hydrogens (primary N) is 1. The van der Waals surface area contributed by atoms with Crippen molar-refractivity contribution in [3.05, 3.63) is 22.2 Å². The quantitative estimate of drug-likeness (QED) is 0.855. The van der Waals surface area contributed by atoms with Gasteiger partial charge in [-0.3, -0.25) is 4.79 Å². The first kappa shape index (κ1) is 15.1. The lowest BCUT2D eigenvalue weighted by Crippen LogP contribution is -2.16. The highest BCUT2D eigenvalue weighted by atomic mass is 79.9. The molecule has 0 bridgehead atoms. The minimum Gasteiger partial charge on any atom is -0.469 e. The van der Waals surface area contributed by atoms with E-state index in [9.17, 15) is 4.79 Å². The second-order valence-corrected chi connectivity index (χ2v) is 4.47. The summed E-state index contributed by atoms with van der Waals surface area (Å²) in [4.78, 5) is 11.2. The number of halogens is 2. The van der Waals surface area contributed by atoms with Crippen molar-refractivity contribution in [3.8, 4) is 11.5 Å². The summed E-state index contributed by atoms with van der Waals surface area (Å²) in [6.45, 7) is 0.206. The minimum absolute atomic E-state index is 0. The van der Waals surface area contributed by atoms with Crippen LogP contribution in [0.2, 0.25) is 0 Å². The van der Waals surface area contributed by atoms with Crippen LogP contribution in [0.15, 0.2) is 16.6 Å². The first-order valence-corrected chi connectivity index (χ1v) is 5.82. The Labute approximate surface area is 119 Å². The van der Waals surface area contributed by atoms with Crippen LogP contribution in [-0.2, 0) is 9.53 Å². The summed E-state index contributed by atoms with van der Waals surface area (Å²) in [5.74, 6) is 0.969. The van der Waals surface area contributed by atoms with E-state index in [1.165, 1.54) is 7.11 Å². The first-order valence-electron chi connectivity index (χ1n) is 5.03. The molecule has 1 aliphatic heterocycles. The molecule has 1 aromatic rings. The molecule has 0 spiro atoms. The second kappa shape index (κ2) is 6.26. The number of hydrogen-bond donors (Lipinski definition) is 1. The van der Waals surface area contributed by atoms with Gasteiger partial charge in [-0.2, -0.15) is 0 Å². The Kier molecular flexibility index (Phi) is 5.25. The van der Waals surface area contributed by atoms with Gasteiger partial charge in [-0.05, 0) is 17.7 Å². The molecule has 1 atom stereocenters. The summed E-state index contributed by atoms with van der Waals surface area (Å²) < 4.78 is 15.9. The molecule has 0 radical (unpaired) electrons. The first-order chi connectivity index (χ1) is 8.11. The molecular formula is C11H13BrClNO4. The predicted molar refractivity (Wildman–Crippen MR) is 71.1 cm³/mol. The number of ether oxygens (including phenoxy) is 3. The Bertz CT molecular complexity index is 455. The SMILES string of the molecule is COC(=O)C[C@H](N)c1cc2c(cc1Br)OCO2.Cl. The Morgan fingerprint density at radius 2 is 2.11 bits per heavy atom. The molecule has 18 heavy (non-hydrogen) atoms. The van der Waals surface area contributed by atoms with Crippen LogP contribution in [0.1, 0.15) is 18.0 Å². The third-order valence-corrected chi connectivity index (χ3v) is 3.19. The average Bonchev–Trinajstić information content (AvgIpc) is 2.74. The van der Waals surface area contributed by atoms with Crippen LogP contribution in [0.3, 0.4) is 0 Å². The smallest absolute Gasteiger partial charge is 0.307 e. The van der Waals surface area contributed by atoms with Gasteiger partial charge in [-0.25, -0.2) is 0 Å². The molecule has 0 saturated heterocycles. The molecule has 1 aliphatic rings. The van der Waals surface area contributed by atoms with Gasteiger partial charge in [0, 0.05) is 10.5 Å². The highest BCUT2D eigenvalue weighted by molar-refractivity contribution is 9.10. The Hall–Kier alpha value is -0.980. The fraction of sp³-hybridized carbons (Fsp3) is 0.364. The van der Waals surface area contributed by atoms with E-state index >= 15 is 0 Å². The van der Waals surface area contributed by atoms with E-state index in [0.29, 0.717) is 11.5 Å². The van der Waals surface area contributed by atoms with E-state index in [1.54, 1.807) is 12.1 Å². The zero-order valence-electron chi connectivity index (χ0n) is 9.64. The normalized spacial score (nSPS) is 13.7. The van der Waals surface area contributed by atoms with Crippen molar-refractivity contribution >= 4 is 34.3 Å². The summed E-state index contributed by atoms with van der Waals surface area (Å²) in [6.07, 6.45) is 0.120. The Morgan fingerprint density at radius 1 is 1.50 bits per heavy atom. The van der Waals surface area contributed by atoms with Crippen molar-refractivity contribution in [2.75, 3.05) is 13.9 Å². The van der Waals surface area contributed by atoms with Gasteiger partial charge in [0.1, 0.15) is 0 Å². The second-order valence-electron chi connectivity index (χ2n) is 3.61. The van der Waals surface area contributed by atoms with Crippen molar-refractivity contribution < 1.29 is 19.0 Å². The monoisotopic (exact) mass is 337 g/mol. The Morgan fingerprint density at radius 3 is 2.72 bits per heavy atom. The summed E-state index contributed by atoms with van der Waals surface area (Å²) in [6, 6.07) is 3.13. The van der Waals surface area contributed by atoms with Gasteiger partial charge < -0.3 is 19.9 Å². The summed E-state index contributed by atoms with van der Waals surface area (Å²) in [5, 5.41) is 0. The fourth-order valence-corrected chi connectivity index (χ4v) is 2.21. The number of hydrogen-bond acceptors (Lipinski definition) is 5. The van der Waals surface area contributed by atoms with E-state index in [0.717, 1.165) is 10.0 Å². The molecule has 0 unspecified atom stereocenters. The Balaban J connectivity index is 0.00000162. The number of rotatable bonds is 3. The van der Waals surface area contributed by atoms with Crippen molar-refractivity contribution in [2.45, 2.75) is 12.5 Å². The average molecular weight is 339 g/mol. The predicted octanol–water partition coefficient (Wildman–Crippen LogP) is 2.16. The van der Waals surface area contributed by atoms with Gasteiger partial charge in [0.25, 0.3) is 0 Å². The van der Waals surface area contributed by atoms with Crippen molar-refractivity contribution in [3.63, 3.8) is 0 Å². The number of fused-ring (bicyclic) bond motifs is 1. The summed E-state index contributed by atoms with van der Waals surface area (Å²) in [5.41, 5.74) is 6.73. The molecular weight excluding hydrogens is 325 g/mol. The molecule has 5 nitrogen and oxygen atoms in total. The lowest BCUT2D eigenvalue weighted by Gasteiger charge is -2.13. The minimum atomic E-state index is -0.439. The van der Waals surface area contributed by atoms with Gasteiger partial charge in [0.05, 0.1) is 13.5 Å². The van der Waals surface area contributed by atoms with Crippen molar-refractivity contribution in [1.82, 2.24) is 0 Å². The van der Waals surface area contributed by atoms with Gasteiger partial charge in [0.15, 0.2) is 11.5 Å². The highest BCUT2D eigenvalue weighted by Gasteiger charge is 2.21. The van der Waals surface area contributed by atoms with Gasteiger partial charge in [0.2, 0.25) is 6.79 Å². The van der Waals surface area contributed by atoms with E-state index in [2.05, 4.69) is 20.7 Å². The zero-order valence-corrected chi connectivity index (χ0v) is 12.0. The summed E-state index contributed by atoms with van der Waals surface area (Å²) >= 11 is 3.39. The molecule has 2 N–H and O–H groups in total. The van der Waals surface area contributed by atoms with Crippen molar-refractivity contribution in [2.24, 2.45) is 5.73 Å². The van der Waals surface area contributed by atoms with Crippen LogP contribution in [0.5, 0.6) is 11.5 Å². The van der Waals surface area contributed by atoms with E-state index in [-0.39, 0.29) is 31.6 Å². The lowest BCUT2D eigenvalue weighted by molar-refractivity contribution is -0.141. The maximum absolute atomic E-state index is 11.2. The maximum Gasteiger partial charge on any atom is 0.307 e. The molecule has 7 heteroatoms. The topological polar surface area (TPSA) is 70.8 Å². The molecule has 1 heterocycles. The molecule has 100 valence electrons. The van der Waals surface area contributed by atoms with Crippen LogP contribution in [0, 0.1) is 0 Å². The van der Waals surface area contributed by atoms with E-state index < -0.39 is 6.04 Å². The molecule has 0 aromatic heterocycles. The van der Waals surface area contributed by atoms with Crippen LogP contribution in [0.4, 0.5) is 0 Å². The van der Waals surface area contributed by atoms with E-state index in [4.69, 9.17) is 15.2 Å². The van der Waals surface area contributed by atoms with Crippen LogP contribution >= 0.6 is 28.3 Å². The van der Waals surface area contributed by atoms with Crippen LogP contribution in [0.25, 0.3) is 0 Å². The lowest BCUT2D eigenvalue weighted by atomic mass is 10.0. The van der Waals surface area contributed by atoms with Gasteiger partial charge in [-0.15, -0.1) is 12.4 Å². The van der Waals surface area contributed by atoms with Gasteiger partial charge in [-0.1, -0.05) is 15.9 Å². The highest BCUT2D eigenvalue weighted by Crippen LogP contribution is 2.39.